The minimum atomic E-state index is -1.03. The fourth-order valence-corrected chi connectivity index (χ4v) is 2.95. The number of H-pyrrole nitrogens is 1. The van der Waals surface area contributed by atoms with Crippen LogP contribution in [0.25, 0.3) is 10.9 Å². The molecule has 0 aliphatic carbocycles. The number of nitro benzene ring substituents is 1. The third kappa shape index (κ3) is 3.85. The number of nitrogens with one attached hydrogen (secondary N) is 1. The van der Waals surface area contributed by atoms with Crippen LogP contribution in [0.1, 0.15) is 23.0 Å². The summed E-state index contributed by atoms with van der Waals surface area (Å²) >= 11 is 0. The highest BCUT2D eigenvalue weighted by molar-refractivity contribution is 6.11. The largest absolute Gasteiger partial charge is 0.475 e. The van der Waals surface area contributed by atoms with Crippen molar-refractivity contribution in [1.82, 2.24) is 4.98 Å². The minimum absolute atomic E-state index is 0.0455. The molecule has 0 aliphatic heterocycles. The van der Waals surface area contributed by atoms with E-state index in [0.717, 1.165) is 10.9 Å². The molecule has 1 heterocycles. The van der Waals surface area contributed by atoms with Crippen molar-refractivity contribution in [2.45, 2.75) is 20.0 Å². The summed E-state index contributed by atoms with van der Waals surface area (Å²) < 4.78 is 10.4. The first kappa shape index (κ1) is 19.1. The van der Waals surface area contributed by atoms with Crippen LogP contribution in [0.5, 0.6) is 5.75 Å². The maximum absolute atomic E-state index is 12.8. The fourth-order valence-electron chi connectivity index (χ4n) is 2.95. The van der Waals surface area contributed by atoms with Gasteiger partial charge in [0.15, 0.2) is 18.5 Å². The van der Waals surface area contributed by atoms with Gasteiger partial charge in [0.05, 0.1) is 4.92 Å². The number of ether oxygens (including phenoxy) is 2. The molecule has 0 aliphatic rings. The lowest BCUT2D eigenvalue weighted by Crippen LogP contribution is -2.27. The number of benzene rings is 2. The number of carbonyl (C=O) groups is 2. The maximum Gasteiger partial charge on any atom is 0.344 e. The van der Waals surface area contributed by atoms with Gasteiger partial charge in [0.2, 0.25) is 5.78 Å². The molecule has 8 heteroatoms. The highest BCUT2D eigenvalue weighted by atomic mass is 16.6. The predicted molar refractivity (Wildman–Crippen MR) is 102 cm³/mol. The van der Waals surface area contributed by atoms with Crippen LogP contribution in [0, 0.1) is 17.0 Å². The molecule has 0 saturated carbocycles. The third-order valence-electron chi connectivity index (χ3n) is 4.22. The zero-order chi connectivity index (χ0) is 20.3. The number of nitrogens with zero attached hydrogens (tertiary/aromatic N) is 1. The van der Waals surface area contributed by atoms with Crippen molar-refractivity contribution in [3.63, 3.8) is 0 Å². The average molecular weight is 382 g/mol. The molecule has 8 nitrogen and oxygen atoms in total. The number of para-hydroxylation sites is 3. The predicted octanol–water partition coefficient (Wildman–Crippen LogP) is 3.58. The van der Waals surface area contributed by atoms with Crippen LogP contribution in [0.15, 0.2) is 48.5 Å². The minimum Gasteiger partial charge on any atom is -0.475 e. The van der Waals surface area contributed by atoms with E-state index in [4.69, 9.17) is 9.47 Å². The summed E-state index contributed by atoms with van der Waals surface area (Å²) in [6, 6.07) is 13.1. The van der Waals surface area contributed by atoms with Crippen molar-refractivity contribution in [2.75, 3.05) is 6.61 Å². The number of aryl methyl sites for hydroxylation is 1. The first-order valence-corrected chi connectivity index (χ1v) is 8.55. The van der Waals surface area contributed by atoms with Crippen molar-refractivity contribution >= 4 is 28.3 Å². The SMILES string of the molecule is Cc1[nH]c2ccccc2c1C(=O)[C@@H](C)OC(=O)COc1ccccc1[N+](=O)[O-]. The second kappa shape index (κ2) is 7.91. The molecule has 3 aromatic rings. The number of aromatic nitrogens is 1. The Morgan fingerprint density at radius 1 is 1.14 bits per heavy atom. The van der Waals surface area contributed by atoms with E-state index in [-0.39, 0.29) is 17.2 Å². The summed E-state index contributed by atoms with van der Waals surface area (Å²) in [7, 11) is 0. The molecule has 0 unspecified atom stereocenters. The van der Waals surface area contributed by atoms with Crippen LogP contribution in [-0.2, 0) is 9.53 Å². The molecular formula is C20H18N2O6. The van der Waals surface area contributed by atoms with E-state index in [1.165, 1.54) is 25.1 Å². The Kier molecular flexibility index (Phi) is 5.39. The van der Waals surface area contributed by atoms with Crippen molar-refractivity contribution in [3.8, 4) is 5.75 Å². The zero-order valence-electron chi connectivity index (χ0n) is 15.3. The van der Waals surface area contributed by atoms with Crippen LogP contribution >= 0.6 is 0 Å². The molecule has 0 fully saturated rings. The van der Waals surface area contributed by atoms with E-state index < -0.39 is 23.6 Å². The normalized spacial score (nSPS) is 11.8. The number of ketones is 1. The van der Waals surface area contributed by atoms with Gasteiger partial charge in [-0.25, -0.2) is 4.79 Å². The lowest BCUT2D eigenvalue weighted by Gasteiger charge is -2.13. The smallest absolute Gasteiger partial charge is 0.344 e. The van der Waals surface area contributed by atoms with Crippen molar-refractivity contribution in [2.24, 2.45) is 0 Å². The second-order valence-corrected chi connectivity index (χ2v) is 6.18. The number of carbonyl (C=O) groups excluding carboxylic acids is 2. The van der Waals surface area contributed by atoms with Gasteiger partial charge in [-0.05, 0) is 26.0 Å². The van der Waals surface area contributed by atoms with E-state index in [1.807, 2.05) is 24.3 Å². The number of aromatic amines is 1. The summed E-state index contributed by atoms with van der Waals surface area (Å²) in [5.74, 6) is -1.18. The number of Topliss-reactive ketones (excluding diaryl/α,β-unsaturated/α-hetero) is 1. The summed E-state index contributed by atoms with van der Waals surface area (Å²) in [6.07, 6.45) is -1.03. The molecule has 0 bridgehead atoms. The standard InChI is InChI=1S/C20H18N2O6/c1-12-19(14-7-3-4-8-15(14)21-12)20(24)13(2)28-18(23)11-27-17-10-6-5-9-16(17)22(25)26/h3-10,13,21H,11H2,1-2H3/t13-/m1/s1. The monoisotopic (exact) mass is 382 g/mol. The number of nitro groups is 1. The molecular weight excluding hydrogens is 364 g/mol. The van der Waals surface area contributed by atoms with Crippen LogP contribution in [0.4, 0.5) is 5.69 Å². The van der Waals surface area contributed by atoms with Gasteiger partial charge in [0.25, 0.3) is 0 Å². The van der Waals surface area contributed by atoms with E-state index in [0.29, 0.717) is 11.3 Å². The molecule has 0 spiro atoms. The maximum atomic E-state index is 12.8. The average Bonchev–Trinajstić information content (AvgIpc) is 3.01. The summed E-state index contributed by atoms with van der Waals surface area (Å²) in [4.78, 5) is 38.3. The van der Waals surface area contributed by atoms with Gasteiger partial charge in [-0.2, -0.15) is 0 Å². The van der Waals surface area contributed by atoms with Gasteiger partial charge in [-0.1, -0.05) is 30.3 Å². The van der Waals surface area contributed by atoms with Crippen molar-refractivity contribution in [3.05, 3.63) is 69.9 Å². The molecule has 0 amide bonds. The molecule has 1 aromatic heterocycles. The second-order valence-electron chi connectivity index (χ2n) is 6.18. The number of hydrogen-bond acceptors (Lipinski definition) is 6. The number of rotatable bonds is 7. The fraction of sp³-hybridized carbons (Fsp3) is 0.200. The lowest BCUT2D eigenvalue weighted by molar-refractivity contribution is -0.385. The third-order valence-corrected chi connectivity index (χ3v) is 4.22. The first-order valence-electron chi connectivity index (χ1n) is 8.55. The molecule has 0 saturated heterocycles. The number of hydrogen-bond donors (Lipinski definition) is 1. The first-order chi connectivity index (χ1) is 13.4. The lowest BCUT2D eigenvalue weighted by atomic mass is 10.0. The highest BCUT2D eigenvalue weighted by Gasteiger charge is 2.25. The number of fused-ring (bicyclic) bond motifs is 1. The van der Waals surface area contributed by atoms with Gasteiger partial charge in [0.1, 0.15) is 0 Å². The van der Waals surface area contributed by atoms with E-state index >= 15 is 0 Å². The molecule has 1 N–H and O–H groups in total. The molecule has 28 heavy (non-hydrogen) atoms. The molecule has 2 aromatic carbocycles. The van der Waals surface area contributed by atoms with E-state index in [1.54, 1.807) is 13.0 Å². The Balaban J connectivity index is 1.67. The van der Waals surface area contributed by atoms with Crippen LogP contribution < -0.4 is 4.74 Å². The van der Waals surface area contributed by atoms with Gasteiger partial charge >= 0.3 is 11.7 Å². The van der Waals surface area contributed by atoms with Crippen LogP contribution in [-0.4, -0.2) is 34.4 Å². The molecule has 0 radical (unpaired) electrons. The Labute approximate surface area is 160 Å². The van der Waals surface area contributed by atoms with Crippen LogP contribution in [0.2, 0.25) is 0 Å². The van der Waals surface area contributed by atoms with Crippen molar-refractivity contribution < 1.29 is 24.0 Å². The number of esters is 1. The highest BCUT2D eigenvalue weighted by Crippen LogP contribution is 2.26. The molecule has 1 atom stereocenters. The Morgan fingerprint density at radius 2 is 1.82 bits per heavy atom. The van der Waals surface area contributed by atoms with Gasteiger partial charge in [-0.3, -0.25) is 14.9 Å². The molecule has 3 rings (SSSR count). The summed E-state index contributed by atoms with van der Waals surface area (Å²) in [5, 5.41) is 11.7. The topological polar surface area (TPSA) is 112 Å². The molecule has 144 valence electrons. The quantitative estimate of drug-likeness (QED) is 0.289. The summed E-state index contributed by atoms with van der Waals surface area (Å²) in [6.45, 7) is 2.71. The Bertz CT molecular complexity index is 1060. The zero-order valence-corrected chi connectivity index (χ0v) is 15.3. The van der Waals surface area contributed by atoms with Crippen LogP contribution in [0.3, 0.4) is 0 Å². The van der Waals surface area contributed by atoms with Gasteiger partial charge in [-0.15, -0.1) is 0 Å². The van der Waals surface area contributed by atoms with E-state index in [2.05, 4.69) is 4.98 Å². The van der Waals surface area contributed by atoms with Crippen molar-refractivity contribution in [1.29, 1.82) is 0 Å². The Morgan fingerprint density at radius 3 is 2.57 bits per heavy atom. The summed E-state index contributed by atoms with van der Waals surface area (Å²) in [5.41, 5.74) is 1.72. The van der Waals surface area contributed by atoms with Gasteiger partial charge < -0.3 is 14.5 Å². The van der Waals surface area contributed by atoms with Gasteiger partial charge in [0, 0.05) is 28.2 Å². The van der Waals surface area contributed by atoms with E-state index in [9.17, 15) is 19.7 Å². The Hall–Kier alpha value is -3.68.